The quantitative estimate of drug-likeness (QED) is 0.351. The second kappa shape index (κ2) is 6.12. The summed E-state index contributed by atoms with van der Waals surface area (Å²) in [5.74, 6) is 6.52. The van der Waals surface area contributed by atoms with Crippen molar-refractivity contribution in [2.75, 3.05) is 31.8 Å². The lowest BCUT2D eigenvalue weighted by Gasteiger charge is -2.09. The minimum Gasteiger partial charge on any atom is -0.309 e. The molecule has 0 spiro atoms. The first-order valence-corrected chi connectivity index (χ1v) is 5.76. The van der Waals surface area contributed by atoms with E-state index in [0.717, 1.165) is 17.3 Å². The highest BCUT2D eigenvalue weighted by atomic mass is 35.5. The van der Waals surface area contributed by atoms with Gasteiger partial charge in [-0.25, -0.2) is 15.8 Å². The molecule has 0 radical (unpaired) electrons. The van der Waals surface area contributed by atoms with E-state index in [-0.39, 0.29) is 0 Å². The van der Waals surface area contributed by atoms with Crippen LogP contribution in [0, 0.1) is 0 Å². The molecule has 0 aromatic carbocycles. The Morgan fingerprint density at radius 3 is 2.93 bits per heavy atom. The highest BCUT2D eigenvalue weighted by Gasteiger charge is 2.05. The van der Waals surface area contributed by atoms with E-state index in [9.17, 15) is 0 Å². The van der Waals surface area contributed by atoms with Gasteiger partial charge in [0.25, 0.3) is 0 Å². The van der Waals surface area contributed by atoms with Crippen LogP contribution in [0.3, 0.4) is 0 Å². The van der Waals surface area contributed by atoms with E-state index in [0.29, 0.717) is 11.0 Å². The molecule has 0 bridgehead atoms. The zero-order chi connectivity index (χ0) is 11.3. The SMILES string of the molecule is CN(C)CCSc1nc(NN)ncc1Cl. The second-order valence-corrected chi connectivity index (χ2v) is 4.63. The molecule has 3 N–H and O–H groups in total. The number of hydrazine groups is 1. The fourth-order valence-corrected chi connectivity index (χ4v) is 2.09. The van der Waals surface area contributed by atoms with Crippen molar-refractivity contribution in [3.05, 3.63) is 11.2 Å². The van der Waals surface area contributed by atoms with Crippen LogP contribution in [-0.2, 0) is 0 Å². The summed E-state index contributed by atoms with van der Waals surface area (Å²) in [6.45, 7) is 0.969. The summed E-state index contributed by atoms with van der Waals surface area (Å²) in [5.41, 5.74) is 2.39. The highest BCUT2D eigenvalue weighted by Crippen LogP contribution is 2.24. The van der Waals surface area contributed by atoms with Gasteiger partial charge in [0, 0.05) is 12.3 Å². The Morgan fingerprint density at radius 2 is 2.33 bits per heavy atom. The number of nitrogens with one attached hydrogen (secondary N) is 1. The topological polar surface area (TPSA) is 67.1 Å². The molecule has 1 aromatic rings. The van der Waals surface area contributed by atoms with Crippen LogP contribution in [0.5, 0.6) is 0 Å². The largest absolute Gasteiger partial charge is 0.309 e. The van der Waals surface area contributed by atoms with Gasteiger partial charge in [0.1, 0.15) is 5.03 Å². The fraction of sp³-hybridized carbons (Fsp3) is 0.500. The molecule has 0 unspecified atom stereocenters. The number of aromatic nitrogens is 2. The Kier molecular flexibility index (Phi) is 5.10. The van der Waals surface area contributed by atoms with Crippen LogP contribution in [-0.4, -0.2) is 41.3 Å². The normalized spacial score (nSPS) is 10.7. The number of nitrogens with two attached hydrogens (primary N) is 1. The summed E-state index contributed by atoms with van der Waals surface area (Å²) < 4.78 is 0. The van der Waals surface area contributed by atoms with Crippen molar-refractivity contribution in [3.8, 4) is 0 Å². The minimum atomic E-state index is 0.381. The van der Waals surface area contributed by atoms with E-state index in [4.69, 9.17) is 17.4 Å². The van der Waals surface area contributed by atoms with Crippen molar-refractivity contribution in [2.24, 2.45) is 5.84 Å². The predicted octanol–water partition coefficient (Wildman–Crippen LogP) is 1.07. The third kappa shape index (κ3) is 4.21. The third-order valence-corrected chi connectivity index (χ3v) is 2.98. The summed E-state index contributed by atoms with van der Waals surface area (Å²) in [5, 5.41) is 1.30. The molecule has 1 heterocycles. The number of nitrogens with zero attached hydrogens (tertiary/aromatic N) is 3. The Bertz CT molecular complexity index is 320. The second-order valence-electron chi connectivity index (χ2n) is 3.14. The third-order valence-electron chi connectivity index (χ3n) is 1.62. The molecule has 5 nitrogen and oxygen atoms in total. The number of anilines is 1. The lowest BCUT2D eigenvalue weighted by atomic mass is 10.6. The molecular weight excluding hydrogens is 234 g/mol. The lowest BCUT2D eigenvalue weighted by Crippen LogP contribution is -2.15. The number of nitrogen functional groups attached to an aromatic ring is 1. The molecular formula is C8H14ClN5S. The van der Waals surface area contributed by atoms with Gasteiger partial charge in [0.2, 0.25) is 5.95 Å². The number of hydrogen-bond acceptors (Lipinski definition) is 6. The van der Waals surface area contributed by atoms with Crippen molar-refractivity contribution in [2.45, 2.75) is 5.03 Å². The van der Waals surface area contributed by atoms with Gasteiger partial charge >= 0.3 is 0 Å². The van der Waals surface area contributed by atoms with E-state index in [1.807, 2.05) is 14.1 Å². The van der Waals surface area contributed by atoms with E-state index in [1.165, 1.54) is 0 Å². The van der Waals surface area contributed by atoms with Gasteiger partial charge in [0.05, 0.1) is 11.2 Å². The summed E-state index contributed by atoms with van der Waals surface area (Å²) in [7, 11) is 4.05. The van der Waals surface area contributed by atoms with E-state index in [2.05, 4.69) is 20.3 Å². The zero-order valence-electron chi connectivity index (χ0n) is 8.70. The number of halogens is 1. The predicted molar refractivity (Wildman–Crippen MR) is 64.1 cm³/mol. The first-order chi connectivity index (χ1) is 7.13. The molecule has 0 amide bonds. The molecule has 0 aliphatic heterocycles. The van der Waals surface area contributed by atoms with E-state index < -0.39 is 0 Å². The maximum absolute atomic E-state index is 5.94. The minimum absolute atomic E-state index is 0.381. The smallest absolute Gasteiger partial charge is 0.238 e. The average molecular weight is 248 g/mol. The molecule has 0 aliphatic rings. The van der Waals surface area contributed by atoms with Crippen LogP contribution in [0.15, 0.2) is 11.2 Å². The Morgan fingerprint density at radius 1 is 1.60 bits per heavy atom. The Balaban J connectivity index is 2.59. The van der Waals surface area contributed by atoms with Crippen LogP contribution in [0.25, 0.3) is 0 Å². The molecule has 0 saturated carbocycles. The fourth-order valence-electron chi connectivity index (χ4n) is 0.847. The van der Waals surface area contributed by atoms with Gasteiger partial charge in [-0.1, -0.05) is 11.6 Å². The number of hydrogen-bond donors (Lipinski definition) is 2. The first-order valence-electron chi connectivity index (χ1n) is 4.40. The van der Waals surface area contributed by atoms with Gasteiger partial charge in [0.15, 0.2) is 0 Å². The lowest BCUT2D eigenvalue weighted by molar-refractivity contribution is 0.437. The molecule has 0 atom stereocenters. The molecule has 0 fully saturated rings. The Labute approximate surface area is 98.4 Å². The van der Waals surface area contributed by atoms with Gasteiger partial charge in [-0.3, -0.25) is 5.43 Å². The molecule has 7 heteroatoms. The number of thioether (sulfide) groups is 1. The summed E-state index contributed by atoms with van der Waals surface area (Å²) in [6, 6.07) is 0. The van der Waals surface area contributed by atoms with Gasteiger partial charge < -0.3 is 4.90 Å². The average Bonchev–Trinajstić information content (AvgIpc) is 2.20. The van der Waals surface area contributed by atoms with Crippen molar-refractivity contribution in [3.63, 3.8) is 0 Å². The van der Waals surface area contributed by atoms with Crippen LogP contribution in [0.1, 0.15) is 0 Å². The first kappa shape index (κ1) is 12.5. The number of rotatable bonds is 5. The molecule has 0 aliphatic carbocycles. The van der Waals surface area contributed by atoms with Crippen LogP contribution >= 0.6 is 23.4 Å². The van der Waals surface area contributed by atoms with Crippen molar-refractivity contribution in [1.29, 1.82) is 0 Å². The molecule has 0 saturated heterocycles. The monoisotopic (exact) mass is 247 g/mol. The summed E-state index contributed by atoms with van der Waals surface area (Å²) in [4.78, 5) is 10.2. The Hall–Kier alpha value is -0.560. The van der Waals surface area contributed by atoms with Crippen LogP contribution < -0.4 is 11.3 Å². The standard InChI is InChI=1S/C8H14ClN5S/c1-14(2)3-4-15-7-6(9)5-11-8(12-7)13-10/h5H,3-4,10H2,1-2H3,(H,11,12,13). The van der Waals surface area contributed by atoms with Crippen molar-refractivity contribution < 1.29 is 0 Å². The maximum Gasteiger partial charge on any atom is 0.238 e. The maximum atomic E-state index is 5.94. The van der Waals surface area contributed by atoms with Gasteiger partial charge in [-0.15, -0.1) is 11.8 Å². The zero-order valence-corrected chi connectivity index (χ0v) is 10.3. The van der Waals surface area contributed by atoms with E-state index in [1.54, 1.807) is 18.0 Å². The van der Waals surface area contributed by atoms with Crippen LogP contribution in [0.4, 0.5) is 5.95 Å². The molecule has 84 valence electrons. The van der Waals surface area contributed by atoms with Crippen molar-refractivity contribution >= 4 is 29.3 Å². The van der Waals surface area contributed by atoms with Crippen LogP contribution in [0.2, 0.25) is 5.02 Å². The molecule has 15 heavy (non-hydrogen) atoms. The van der Waals surface area contributed by atoms with Gasteiger partial charge in [-0.2, -0.15) is 0 Å². The van der Waals surface area contributed by atoms with Crippen molar-refractivity contribution in [1.82, 2.24) is 14.9 Å². The summed E-state index contributed by atoms with van der Waals surface area (Å²) >= 11 is 7.53. The van der Waals surface area contributed by atoms with Gasteiger partial charge in [-0.05, 0) is 14.1 Å². The molecule has 1 rings (SSSR count). The molecule has 1 aromatic heterocycles. The highest BCUT2D eigenvalue weighted by molar-refractivity contribution is 7.99. The van der Waals surface area contributed by atoms with E-state index >= 15 is 0 Å². The summed E-state index contributed by atoms with van der Waals surface area (Å²) in [6.07, 6.45) is 1.54.